The first kappa shape index (κ1) is 21.3. The third kappa shape index (κ3) is 5.80. The van der Waals surface area contributed by atoms with Crippen molar-refractivity contribution >= 4 is 17.5 Å². The van der Waals surface area contributed by atoms with Gasteiger partial charge in [-0.1, -0.05) is 17.3 Å². The van der Waals surface area contributed by atoms with E-state index in [1.54, 1.807) is 55.6 Å². The summed E-state index contributed by atoms with van der Waals surface area (Å²) in [5.41, 5.74) is 7.23. The summed E-state index contributed by atoms with van der Waals surface area (Å²) in [7, 11) is 1.59. The molecule has 9 heteroatoms. The molecule has 0 saturated heterocycles. The largest absolute Gasteiger partial charge is 0.497 e. The molecule has 0 aliphatic carbocycles. The van der Waals surface area contributed by atoms with E-state index >= 15 is 0 Å². The first-order valence-electron chi connectivity index (χ1n) is 9.11. The third-order valence-corrected chi connectivity index (χ3v) is 4.26. The Bertz CT molecular complexity index is 1080. The number of nitro groups is 1. The second kappa shape index (κ2) is 9.88. The number of nitrogens with two attached hydrogens (primary N) is 1. The lowest BCUT2D eigenvalue weighted by Crippen LogP contribution is -2.15. The number of oxime groups is 1. The first-order chi connectivity index (χ1) is 15.0. The van der Waals surface area contributed by atoms with Gasteiger partial charge in [-0.3, -0.25) is 10.1 Å². The fourth-order valence-electron chi connectivity index (χ4n) is 2.53. The predicted molar refractivity (Wildman–Crippen MR) is 113 cm³/mol. The van der Waals surface area contributed by atoms with Gasteiger partial charge in [0.2, 0.25) is 0 Å². The zero-order chi connectivity index (χ0) is 22.2. The SMILES string of the molecule is COc1ccc(OCc2ccc(C(=O)O/N=C(\N)c3ccc([N+](=O)[O-])cc3)cc2)cc1. The molecule has 2 N–H and O–H groups in total. The molecule has 0 amide bonds. The number of nitrogens with zero attached hydrogens (tertiary/aromatic N) is 2. The molecule has 3 aromatic rings. The number of benzene rings is 3. The number of hydrogen-bond donors (Lipinski definition) is 1. The molecule has 158 valence electrons. The monoisotopic (exact) mass is 421 g/mol. The Kier molecular flexibility index (Phi) is 6.79. The number of hydrogen-bond acceptors (Lipinski definition) is 7. The molecule has 3 rings (SSSR count). The summed E-state index contributed by atoms with van der Waals surface area (Å²) in [5.74, 6) is 0.674. The van der Waals surface area contributed by atoms with Crippen LogP contribution in [0.4, 0.5) is 5.69 Å². The van der Waals surface area contributed by atoms with Gasteiger partial charge in [-0.05, 0) is 54.1 Å². The van der Waals surface area contributed by atoms with Crippen LogP contribution >= 0.6 is 0 Å². The van der Waals surface area contributed by atoms with Crippen LogP contribution in [0.15, 0.2) is 78.0 Å². The lowest BCUT2D eigenvalue weighted by atomic mass is 10.1. The molecular weight excluding hydrogens is 402 g/mol. The molecule has 0 bridgehead atoms. The van der Waals surface area contributed by atoms with Crippen LogP contribution in [0.5, 0.6) is 11.5 Å². The van der Waals surface area contributed by atoms with E-state index in [1.807, 2.05) is 0 Å². The third-order valence-electron chi connectivity index (χ3n) is 4.26. The normalized spacial score (nSPS) is 10.9. The van der Waals surface area contributed by atoms with E-state index in [9.17, 15) is 14.9 Å². The fraction of sp³-hybridized carbons (Fsp3) is 0.0909. The summed E-state index contributed by atoms with van der Waals surface area (Å²) in [6.45, 7) is 0.326. The Balaban J connectivity index is 1.55. The van der Waals surface area contributed by atoms with Gasteiger partial charge in [0.05, 0.1) is 17.6 Å². The van der Waals surface area contributed by atoms with Crippen LogP contribution in [0, 0.1) is 10.1 Å². The minimum Gasteiger partial charge on any atom is -0.497 e. The minimum absolute atomic E-state index is 0.0761. The van der Waals surface area contributed by atoms with Crippen LogP contribution in [0.25, 0.3) is 0 Å². The van der Waals surface area contributed by atoms with Crippen molar-refractivity contribution in [3.8, 4) is 11.5 Å². The van der Waals surface area contributed by atoms with Crippen molar-refractivity contribution in [1.82, 2.24) is 0 Å². The van der Waals surface area contributed by atoms with Crippen molar-refractivity contribution < 1.29 is 24.0 Å². The number of rotatable bonds is 8. The van der Waals surface area contributed by atoms with Gasteiger partial charge in [0, 0.05) is 17.7 Å². The van der Waals surface area contributed by atoms with Crippen molar-refractivity contribution in [2.75, 3.05) is 7.11 Å². The van der Waals surface area contributed by atoms with Crippen molar-refractivity contribution in [1.29, 1.82) is 0 Å². The molecule has 0 saturated carbocycles. The maximum atomic E-state index is 12.2. The van der Waals surface area contributed by atoms with Crippen LogP contribution in [0.2, 0.25) is 0 Å². The topological polar surface area (TPSA) is 126 Å². The number of methoxy groups -OCH3 is 1. The quantitative estimate of drug-likeness (QED) is 0.193. The number of non-ortho nitro benzene ring substituents is 1. The van der Waals surface area contributed by atoms with E-state index < -0.39 is 10.9 Å². The second-order valence-electron chi connectivity index (χ2n) is 6.32. The lowest BCUT2D eigenvalue weighted by Gasteiger charge is -2.07. The molecule has 3 aromatic carbocycles. The molecule has 0 heterocycles. The Hall–Kier alpha value is -4.40. The molecule has 0 unspecified atom stereocenters. The molecule has 0 spiro atoms. The number of nitro benzene ring substituents is 1. The number of ether oxygens (including phenoxy) is 2. The molecule has 9 nitrogen and oxygen atoms in total. The summed E-state index contributed by atoms with van der Waals surface area (Å²) in [6, 6.07) is 19.3. The number of carbonyl (C=O) groups excluding carboxylic acids is 1. The molecule has 0 aromatic heterocycles. The minimum atomic E-state index is -0.688. The second-order valence-corrected chi connectivity index (χ2v) is 6.32. The summed E-state index contributed by atoms with van der Waals surface area (Å²) in [5, 5.41) is 14.3. The molecule has 0 fully saturated rings. The highest BCUT2D eigenvalue weighted by Crippen LogP contribution is 2.18. The van der Waals surface area contributed by atoms with Crippen molar-refractivity contribution in [2.24, 2.45) is 10.9 Å². The van der Waals surface area contributed by atoms with Gasteiger partial charge in [0.1, 0.15) is 18.1 Å². The van der Waals surface area contributed by atoms with Gasteiger partial charge >= 0.3 is 5.97 Å². The molecule has 31 heavy (non-hydrogen) atoms. The Morgan fingerprint density at radius 3 is 2.10 bits per heavy atom. The van der Waals surface area contributed by atoms with E-state index in [4.69, 9.17) is 20.0 Å². The van der Waals surface area contributed by atoms with Gasteiger partial charge in [0.15, 0.2) is 5.84 Å². The maximum Gasteiger partial charge on any atom is 0.365 e. The highest BCUT2D eigenvalue weighted by molar-refractivity contribution is 5.98. The van der Waals surface area contributed by atoms with Gasteiger partial charge in [-0.2, -0.15) is 0 Å². The summed E-state index contributed by atoms with van der Waals surface area (Å²) >= 11 is 0. The average molecular weight is 421 g/mol. The van der Waals surface area contributed by atoms with Gasteiger partial charge in [-0.25, -0.2) is 4.79 Å². The number of amidine groups is 1. The van der Waals surface area contributed by atoms with Crippen LogP contribution < -0.4 is 15.2 Å². The van der Waals surface area contributed by atoms with Crippen LogP contribution in [-0.4, -0.2) is 23.8 Å². The molecule has 0 aliphatic heterocycles. The van der Waals surface area contributed by atoms with Crippen LogP contribution in [0.3, 0.4) is 0 Å². The van der Waals surface area contributed by atoms with Crippen LogP contribution in [0.1, 0.15) is 21.5 Å². The molecular formula is C22H19N3O6. The maximum absolute atomic E-state index is 12.2. The zero-order valence-corrected chi connectivity index (χ0v) is 16.6. The Morgan fingerprint density at radius 2 is 1.52 bits per heavy atom. The zero-order valence-electron chi connectivity index (χ0n) is 16.6. The van der Waals surface area contributed by atoms with Crippen LogP contribution in [-0.2, 0) is 11.4 Å². The Morgan fingerprint density at radius 1 is 0.935 bits per heavy atom. The first-order valence-corrected chi connectivity index (χ1v) is 9.11. The summed E-state index contributed by atoms with van der Waals surface area (Å²) in [6.07, 6.45) is 0. The van der Waals surface area contributed by atoms with Crippen molar-refractivity contribution in [3.05, 3.63) is 99.6 Å². The van der Waals surface area contributed by atoms with E-state index in [1.165, 1.54) is 24.3 Å². The Labute approximate surface area is 177 Å². The average Bonchev–Trinajstić information content (AvgIpc) is 2.81. The highest BCUT2D eigenvalue weighted by atomic mass is 16.7. The fourth-order valence-corrected chi connectivity index (χ4v) is 2.53. The van der Waals surface area contributed by atoms with E-state index in [2.05, 4.69) is 5.16 Å². The smallest absolute Gasteiger partial charge is 0.365 e. The van der Waals surface area contributed by atoms with Crippen molar-refractivity contribution in [2.45, 2.75) is 6.61 Å². The van der Waals surface area contributed by atoms with E-state index in [-0.39, 0.29) is 17.1 Å². The highest BCUT2D eigenvalue weighted by Gasteiger charge is 2.10. The van der Waals surface area contributed by atoms with Gasteiger partial charge < -0.3 is 20.0 Å². The van der Waals surface area contributed by atoms with Gasteiger partial charge in [0.25, 0.3) is 5.69 Å². The molecule has 0 aliphatic rings. The lowest BCUT2D eigenvalue weighted by molar-refractivity contribution is -0.384. The summed E-state index contributed by atoms with van der Waals surface area (Å²) in [4.78, 5) is 27.2. The molecule has 0 radical (unpaired) electrons. The molecule has 0 atom stereocenters. The van der Waals surface area contributed by atoms with Crippen molar-refractivity contribution in [3.63, 3.8) is 0 Å². The van der Waals surface area contributed by atoms with E-state index in [0.29, 0.717) is 17.9 Å². The standard InChI is InChI=1S/C22H19N3O6/c1-29-19-10-12-20(13-11-19)30-14-15-2-4-17(5-3-15)22(26)31-24-21(23)16-6-8-18(9-7-16)25(27)28/h2-13H,14H2,1H3,(H2,23,24). The van der Waals surface area contributed by atoms with Gasteiger partial charge in [-0.15, -0.1) is 0 Å². The van der Waals surface area contributed by atoms with E-state index in [0.717, 1.165) is 11.3 Å². The number of carbonyl (C=O) groups is 1. The predicted octanol–water partition coefficient (Wildman–Crippen LogP) is 3.66. The summed E-state index contributed by atoms with van der Waals surface area (Å²) < 4.78 is 10.8.